The minimum absolute atomic E-state index is 0.0121. The molecule has 1 aromatic carbocycles. The lowest BCUT2D eigenvalue weighted by molar-refractivity contribution is 0.0992. The Morgan fingerprint density at radius 1 is 1.17 bits per heavy atom. The molecule has 30 heavy (non-hydrogen) atoms. The number of pyridine rings is 2. The Bertz CT molecular complexity index is 1030. The molecule has 4 rings (SSSR count). The van der Waals surface area contributed by atoms with Gasteiger partial charge < -0.3 is 15.0 Å². The van der Waals surface area contributed by atoms with E-state index in [1.165, 1.54) is 12.1 Å². The summed E-state index contributed by atoms with van der Waals surface area (Å²) in [4.78, 5) is 23.8. The van der Waals surface area contributed by atoms with Gasteiger partial charge in [0.25, 0.3) is 0 Å². The predicted molar refractivity (Wildman–Crippen MR) is 114 cm³/mol. The molecule has 0 spiro atoms. The van der Waals surface area contributed by atoms with Crippen LogP contribution in [0.4, 0.5) is 21.6 Å². The first-order chi connectivity index (χ1) is 14.6. The quantitative estimate of drug-likeness (QED) is 0.626. The van der Waals surface area contributed by atoms with E-state index in [0.29, 0.717) is 24.5 Å². The average Bonchev–Trinajstić information content (AvgIpc) is 2.77. The third kappa shape index (κ3) is 4.63. The van der Waals surface area contributed by atoms with Gasteiger partial charge >= 0.3 is 0 Å². The van der Waals surface area contributed by atoms with Gasteiger partial charge in [0.1, 0.15) is 11.6 Å². The van der Waals surface area contributed by atoms with Gasteiger partial charge in [-0.25, -0.2) is 9.37 Å². The van der Waals surface area contributed by atoms with Crippen LogP contribution in [-0.4, -0.2) is 42.1 Å². The van der Waals surface area contributed by atoms with E-state index in [1.54, 1.807) is 30.7 Å². The molecule has 1 fully saturated rings. The molecule has 1 aliphatic rings. The van der Waals surface area contributed by atoms with Gasteiger partial charge in [0.15, 0.2) is 5.78 Å². The summed E-state index contributed by atoms with van der Waals surface area (Å²) < 4.78 is 18.5. The zero-order valence-electron chi connectivity index (χ0n) is 16.8. The Hall–Kier alpha value is -3.32. The number of morpholine rings is 1. The van der Waals surface area contributed by atoms with Gasteiger partial charge in [-0.1, -0.05) is 0 Å². The molecule has 154 valence electrons. The van der Waals surface area contributed by atoms with Crippen LogP contribution in [0.1, 0.15) is 21.5 Å². The normalized spacial score (nSPS) is 13.9. The lowest BCUT2D eigenvalue weighted by Crippen LogP contribution is -2.36. The van der Waals surface area contributed by atoms with E-state index in [4.69, 9.17) is 4.74 Å². The van der Waals surface area contributed by atoms with Crippen LogP contribution in [0.15, 0.2) is 55.0 Å². The fourth-order valence-corrected chi connectivity index (χ4v) is 3.45. The number of rotatable bonds is 6. The zero-order chi connectivity index (χ0) is 20.9. The minimum atomic E-state index is -0.300. The molecular weight excluding hydrogens is 383 g/mol. The van der Waals surface area contributed by atoms with E-state index in [0.717, 1.165) is 35.7 Å². The van der Waals surface area contributed by atoms with E-state index in [2.05, 4.69) is 20.2 Å². The summed E-state index contributed by atoms with van der Waals surface area (Å²) in [5.74, 6) is 0.558. The maximum absolute atomic E-state index is 13.1. The van der Waals surface area contributed by atoms with Gasteiger partial charge in [-0.15, -0.1) is 0 Å². The smallest absolute Gasteiger partial charge is 0.169 e. The van der Waals surface area contributed by atoms with E-state index >= 15 is 0 Å². The van der Waals surface area contributed by atoms with Crippen molar-refractivity contribution < 1.29 is 13.9 Å². The fourth-order valence-electron chi connectivity index (χ4n) is 3.45. The molecule has 0 saturated carbocycles. The Balaban J connectivity index is 1.50. The van der Waals surface area contributed by atoms with Gasteiger partial charge in [0.2, 0.25) is 0 Å². The molecule has 0 aliphatic carbocycles. The molecule has 6 nitrogen and oxygen atoms in total. The maximum Gasteiger partial charge on any atom is 0.169 e. The molecule has 1 aliphatic heterocycles. The molecule has 3 aromatic rings. The van der Waals surface area contributed by atoms with Crippen LogP contribution < -0.4 is 10.2 Å². The molecule has 2 aromatic heterocycles. The Kier molecular flexibility index (Phi) is 5.99. The first kappa shape index (κ1) is 20.0. The van der Waals surface area contributed by atoms with Gasteiger partial charge in [-0.3, -0.25) is 9.78 Å². The van der Waals surface area contributed by atoms with Crippen molar-refractivity contribution in [2.24, 2.45) is 0 Å². The van der Waals surface area contributed by atoms with Crippen molar-refractivity contribution in [3.8, 4) is 0 Å². The second-order valence-electron chi connectivity index (χ2n) is 7.22. The molecule has 0 radical (unpaired) electrons. The van der Waals surface area contributed by atoms with E-state index in [1.807, 2.05) is 19.1 Å². The average molecular weight is 406 g/mol. The van der Waals surface area contributed by atoms with Crippen molar-refractivity contribution in [1.29, 1.82) is 0 Å². The SMILES string of the molecule is Cc1cc(N2CCOCC2)ncc1C(=O)Cc1ccncc1Nc1ccc(F)cc1. The van der Waals surface area contributed by atoms with Gasteiger partial charge in [-0.05, 0) is 54.4 Å². The van der Waals surface area contributed by atoms with Crippen molar-refractivity contribution in [3.63, 3.8) is 0 Å². The molecule has 1 N–H and O–H groups in total. The molecule has 0 amide bonds. The number of Topliss-reactive ketones (excluding diaryl/α,β-unsaturated/α-hetero) is 1. The largest absolute Gasteiger partial charge is 0.378 e. The van der Waals surface area contributed by atoms with Crippen molar-refractivity contribution in [2.45, 2.75) is 13.3 Å². The first-order valence-corrected chi connectivity index (χ1v) is 9.88. The fraction of sp³-hybridized carbons (Fsp3) is 0.261. The molecule has 0 atom stereocenters. The van der Waals surface area contributed by atoms with Gasteiger partial charge in [0.05, 0.1) is 25.1 Å². The summed E-state index contributed by atoms with van der Waals surface area (Å²) in [5, 5.41) is 3.21. The number of nitrogens with zero attached hydrogens (tertiary/aromatic N) is 3. The second kappa shape index (κ2) is 9.00. The summed E-state index contributed by atoms with van der Waals surface area (Å²) >= 11 is 0. The van der Waals surface area contributed by atoms with Crippen molar-refractivity contribution in [3.05, 3.63) is 77.5 Å². The number of ether oxygens (including phenoxy) is 1. The third-order valence-electron chi connectivity index (χ3n) is 5.12. The summed E-state index contributed by atoms with van der Waals surface area (Å²) in [6.45, 7) is 4.91. The highest BCUT2D eigenvalue weighted by molar-refractivity contribution is 5.99. The Morgan fingerprint density at radius 2 is 1.93 bits per heavy atom. The van der Waals surface area contributed by atoms with Crippen LogP contribution in [0, 0.1) is 12.7 Å². The molecule has 0 unspecified atom stereocenters. The molecular formula is C23H23FN4O2. The summed E-state index contributed by atoms with van der Waals surface area (Å²) in [6.07, 6.45) is 5.20. The molecule has 3 heterocycles. The monoisotopic (exact) mass is 406 g/mol. The highest BCUT2D eigenvalue weighted by atomic mass is 19.1. The number of aromatic nitrogens is 2. The van der Waals surface area contributed by atoms with Gasteiger partial charge in [0, 0.05) is 43.2 Å². The summed E-state index contributed by atoms with van der Waals surface area (Å²) in [6, 6.07) is 9.83. The Labute approximate surface area is 174 Å². The van der Waals surface area contributed by atoms with Crippen LogP contribution in [0.5, 0.6) is 0 Å². The number of nitrogens with one attached hydrogen (secondary N) is 1. The van der Waals surface area contributed by atoms with Crippen molar-refractivity contribution in [1.82, 2.24) is 9.97 Å². The topological polar surface area (TPSA) is 67.3 Å². The number of hydrogen-bond acceptors (Lipinski definition) is 6. The first-order valence-electron chi connectivity index (χ1n) is 9.88. The Morgan fingerprint density at radius 3 is 2.67 bits per heavy atom. The number of benzene rings is 1. The van der Waals surface area contributed by atoms with E-state index in [9.17, 15) is 9.18 Å². The van der Waals surface area contributed by atoms with Gasteiger partial charge in [-0.2, -0.15) is 0 Å². The summed E-state index contributed by atoms with van der Waals surface area (Å²) in [7, 11) is 0. The number of anilines is 3. The van der Waals surface area contributed by atoms with Crippen LogP contribution in [-0.2, 0) is 11.2 Å². The van der Waals surface area contributed by atoms with E-state index in [-0.39, 0.29) is 18.0 Å². The number of halogens is 1. The highest BCUT2D eigenvalue weighted by Gasteiger charge is 2.17. The second-order valence-corrected chi connectivity index (χ2v) is 7.22. The lowest BCUT2D eigenvalue weighted by atomic mass is 10.0. The van der Waals surface area contributed by atoms with Crippen LogP contribution in [0.2, 0.25) is 0 Å². The zero-order valence-corrected chi connectivity index (χ0v) is 16.8. The van der Waals surface area contributed by atoms with Crippen LogP contribution in [0.3, 0.4) is 0 Å². The minimum Gasteiger partial charge on any atom is -0.378 e. The highest BCUT2D eigenvalue weighted by Crippen LogP contribution is 2.23. The predicted octanol–water partition coefficient (Wildman–Crippen LogP) is 3.93. The summed E-state index contributed by atoms with van der Waals surface area (Å²) in [5.41, 5.74) is 3.77. The number of hydrogen-bond donors (Lipinski definition) is 1. The molecule has 1 saturated heterocycles. The molecule has 0 bridgehead atoms. The molecule has 7 heteroatoms. The van der Waals surface area contributed by atoms with E-state index < -0.39 is 0 Å². The van der Waals surface area contributed by atoms with Crippen molar-refractivity contribution in [2.75, 3.05) is 36.5 Å². The maximum atomic E-state index is 13.1. The number of carbonyl (C=O) groups excluding carboxylic acids is 1. The lowest BCUT2D eigenvalue weighted by Gasteiger charge is -2.28. The number of aryl methyl sites for hydroxylation is 1. The number of carbonyl (C=O) groups is 1. The number of ketones is 1. The van der Waals surface area contributed by atoms with Crippen LogP contribution in [0.25, 0.3) is 0 Å². The van der Waals surface area contributed by atoms with Crippen molar-refractivity contribution >= 4 is 23.0 Å². The van der Waals surface area contributed by atoms with Crippen LogP contribution >= 0.6 is 0 Å². The third-order valence-corrected chi connectivity index (χ3v) is 5.12. The standard InChI is InChI=1S/C23H23FN4O2/c1-16-12-23(28-8-10-30-11-9-28)26-14-20(16)22(29)13-17-6-7-25-15-21(17)27-19-4-2-18(24)3-5-19/h2-7,12,14-15,27H,8-11,13H2,1H3.